The number of ether oxygens (including phenoxy) is 2. The molecule has 0 aromatic carbocycles. The van der Waals surface area contributed by atoms with E-state index in [4.69, 9.17) is 9.47 Å². The van der Waals surface area contributed by atoms with Gasteiger partial charge in [0.25, 0.3) is 0 Å². The summed E-state index contributed by atoms with van der Waals surface area (Å²) in [7, 11) is 0. The van der Waals surface area contributed by atoms with Crippen LogP contribution in [0.5, 0.6) is 0 Å². The van der Waals surface area contributed by atoms with E-state index in [9.17, 15) is 5.11 Å². The molecule has 0 aliphatic carbocycles. The van der Waals surface area contributed by atoms with Crippen molar-refractivity contribution >= 4 is 0 Å². The Labute approximate surface area is 104 Å². The van der Waals surface area contributed by atoms with E-state index in [2.05, 4.69) is 33.0 Å². The van der Waals surface area contributed by atoms with Gasteiger partial charge in [0.1, 0.15) is 5.60 Å². The highest BCUT2D eigenvalue weighted by Gasteiger charge is 2.46. The normalized spacial score (nSPS) is 39.7. The van der Waals surface area contributed by atoms with E-state index >= 15 is 0 Å². The fourth-order valence-electron chi connectivity index (χ4n) is 2.93. The molecule has 100 valence electrons. The Morgan fingerprint density at radius 1 is 1.29 bits per heavy atom. The lowest BCUT2D eigenvalue weighted by Crippen LogP contribution is -2.50. The van der Waals surface area contributed by atoms with Gasteiger partial charge in [-0.1, -0.05) is 0 Å². The third-order valence-electron chi connectivity index (χ3n) is 3.83. The summed E-state index contributed by atoms with van der Waals surface area (Å²) in [5.74, 6) is 0. The van der Waals surface area contributed by atoms with Crippen molar-refractivity contribution in [3.05, 3.63) is 0 Å². The van der Waals surface area contributed by atoms with Crippen LogP contribution >= 0.6 is 0 Å². The second kappa shape index (κ2) is 4.19. The van der Waals surface area contributed by atoms with Crippen LogP contribution in [0, 0.1) is 0 Å². The lowest BCUT2D eigenvalue weighted by Gasteiger charge is -2.30. The summed E-state index contributed by atoms with van der Waals surface area (Å²) < 4.78 is 11.3. The van der Waals surface area contributed by atoms with E-state index < -0.39 is 5.60 Å². The van der Waals surface area contributed by atoms with Crippen LogP contribution in [-0.2, 0) is 9.47 Å². The highest BCUT2D eigenvalue weighted by atomic mass is 16.5. The molecule has 2 N–H and O–H groups in total. The minimum Gasteiger partial charge on any atom is -0.386 e. The Hall–Kier alpha value is -0.160. The van der Waals surface area contributed by atoms with Crippen molar-refractivity contribution in [2.75, 3.05) is 19.8 Å². The molecule has 0 radical (unpaired) electrons. The molecule has 0 aromatic heterocycles. The Morgan fingerprint density at radius 2 is 2.00 bits per heavy atom. The maximum atomic E-state index is 10.2. The molecule has 2 aliphatic rings. The minimum absolute atomic E-state index is 0.0873. The van der Waals surface area contributed by atoms with Gasteiger partial charge < -0.3 is 19.9 Å². The van der Waals surface area contributed by atoms with E-state index in [1.807, 2.05) is 0 Å². The summed E-state index contributed by atoms with van der Waals surface area (Å²) in [6, 6.07) is 0.280. The lowest BCUT2D eigenvalue weighted by atomic mass is 9.93. The number of aliphatic hydroxyl groups is 1. The first-order valence-corrected chi connectivity index (χ1v) is 6.46. The van der Waals surface area contributed by atoms with Gasteiger partial charge in [0.05, 0.1) is 17.8 Å². The molecule has 0 saturated carbocycles. The topological polar surface area (TPSA) is 50.7 Å². The van der Waals surface area contributed by atoms with Crippen LogP contribution in [-0.4, -0.2) is 47.7 Å². The Bertz CT molecular complexity index is 282. The van der Waals surface area contributed by atoms with Gasteiger partial charge >= 0.3 is 0 Å². The summed E-state index contributed by atoms with van der Waals surface area (Å²) in [5.41, 5.74) is -0.960. The predicted octanol–water partition coefficient (Wildman–Crippen LogP) is 1.07. The van der Waals surface area contributed by atoms with Gasteiger partial charge in [-0.15, -0.1) is 0 Å². The van der Waals surface area contributed by atoms with Crippen molar-refractivity contribution in [1.29, 1.82) is 0 Å². The maximum absolute atomic E-state index is 10.2. The molecule has 0 aromatic rings. The molecule has 0 spiro atoms. The molecule has 4 nitrogen and oxygen atoms in total. The molecule has 2 aliphatic heterocycles. The van der Waals surface area contributed by atoms with E-state index in [0.29, 0.717) is 19.8 Å². The van der Waals surface area contributed by atoms with E-state index in [0.717, 1.165) is 12.8 Å². The van der Waals surface area contributed by atoms with Crippen molar-refractivity contribution < 1.29 is 14.6 Å². The Balaban J connectivity index is 1.91. The summed E-state index contributed by atoms with van der Waals surface area (Å²) in [4.78, 5) is 0. The molecule has 0 bridgehead atoms. The van der Waals surface area contributed by atoms with Gasteiger partial charge in [0, 0.05) is 25.6 Å². The zero-order valence-electron chi connectivity index (χ0n) is 11.4. The van der Waals surface area contributed by atoms with Gasteiger partial charge in [0.15, 0.2) is 0 Å². The van der Waals surface area contributed by atoms with Gasteiger partial charge in [-0.2, -0.15) is 0 Å². The first-order valence-electron chi connectivity index (χ1n) is 6.46. The standard InChI is InChI=1S/C13H25NO3/c1-11(2)7-10(12(3,4)17-11)14-8-13(15)5-6-16-9-13/h10,14-15H,5-9H2,1-4H3/t10-,13+/m1/s1. The molecule has 0 amide bonds. The molecular formula is C13H25NO3. The van der Waals surface area contributed by atoms with Crippen molar-refractivity contribution in [3.63, 3.8) is 0 Å². The molecule has 2 fully saturated rings. The third kappa shape index (κ3) is 2.99. The average molecular weight is 243 g/mol. The van der Waals surface area contributed by atoms with E-state index in [-0.39, 0.29) is 17.2 Å². The third-order valence-corrected chi connectivity index (χ3v) is 3.83. The quantitative estimate of drug-likeness (QED) is 0.778. The predicted molar refractivity (Wildman–Crippen MR) is 66.0 cm³/mol. The summed E-state index contributed by atoms with van der Waals surface area (Å²) >= 11 is 0. The van der Waals surface area contributed by atoms with Crippen LogP contribution in [0.2, 0.25) is 0 Å². The zero-order valence-corrected chi connectivity index (χ0v) is 11.4. The highest BCUT2D eigenvalue weighted by molar-refractivity contribution is 5.00. The highest BCUT2D eigenvalue weighted by Crippen LogP contribution is 2.37. The van der Waals surface area contributed by atoms with Crippen molar-refractivity contribution in [1.82, 2.24) is 5.32 Å². The van der Waals surface area contributed by atoms with Gasteiger partial charge in [-0.05, 0) is 34.1 Å². The zero-order chi connectivity index (χ0) is 12.7. The van der Waals surface area contributed by atoms with E-state index in [1.165, 1.54) is 0 Å². The number of hydrogen-bond donors (Lipinski definition) is 2. The van der Waals surface area contributed by atoms with E-state index in [1.54, 1.807) is 0 Å². The molecule has 2 saturated heterocycles. The van der Waals surface area contributed by atoms with Crippen LogP contribution in [0.1, 0.15) is 40.5 Å². The van der Waals surface area contributed by atoms with Crippen LogP contribution in [0.25, 0.3) is 0 Å². The Kier molecular flexibility index (Phi) is 3.28. The SMILES string of the molecule is CC1(C)C[C@@H](NC[C@@]2(O)CCOC2)C(C)(C)O1. The number of hydrogen-bond acceptors (Lipinski definition) is 4. The average Bonchev–Trinajstić information content (AvgIpc) is 2.65. The number of nitrogens with one attached hydrogen (secondary N) is 1. The fraction of sp³-hybridized carbons (Fsp3) is 1.00. The smallest absolute Gasteiger partial charge is 0.103 e. The summed E-state index contributed by atoms with van der Waals surface area (Å²) in [6.45, 7) is 10.1. The molecule has 2 heterocycles. The molecule has 17 heavy (non-hydrogen) atoms. The number of rotatable bonds is 3. The molecular weight excluding hydrogens is 218 g/mol. The molecule has 2 atom stereocenters. The largest absolute Gasteiger partial charge is 0.386 e. The molecule has 2 rings (SSSR count). The van der Waals surface area contributed by atoms with Gasteiger partial charge in [0.2, 0.25) is 0 Å². The van der Waals surface area contributed by atoms with Crippen molar-refractivity contribution in [3.8, 4) is 0 Å². The molecule has 4 heteroatoms. The lowest BCUT2D eigenvalue weighted by molar-refractivity contribution is -0.0713. The summed E-state index contributed by atoms with van der Waals surface area (Å²) in [5, 5.41) is 13.7. The fourth-order valence-corrected chi connectivity index (χ4v) is 2.93. The first kappa shape index (κ1) is 13.3. The maximum Gasteiger partial charge on any atom is 0.103 e. The monoisotopic (exact) mass is 243 g/mol. The van der Waals surface area contributed by atoms with Gasteiger partial charge in [-0.3, -0.25) is 0 Å². The van der Waals surface area contributed by atoms with Gasteiger partial charge in [-0.25, -0.2) is 0 Å². The first-order chi connectivity index (χ1) is 7.73. The second-order valence-electron chi connectivity index (χ2n) is 6.63. The second-order valence-corrected chi connectivity index (χ2v) is 6.63. The Morgan fingerprint density at radius 3 is 2.47 bits per heavy atom. The minimum atomic E-state index is -0.692. The van der Waals surface area contributed by atoms with Crippen molar-refractivity contribution in [2.45, 2.75) is 63.4 Å². The molecule has 0 unspecified atom stereocenters. The summed E-state index contributed by atoms with van der Waals surface area (Å²) in [6.07, 6.45) is 1.69. The van der Waals surface area contributed by atoms with Crippen LogP contribution < -0.4 is 5.32 Å². The van der Waals surface area contributed by atoms with Crippen LogP contribution in [0.4, 0.5) is 0 Å². The van der Waals surface area contributed by atoms with Crippen LogP contribution in [0.15, 0.2) is 0 Å². The van der Waals surface area contributed by atoms with Crippen LogP contribution in [0.3, 0.4) is 0 Å². The van der Waals surface area contributed by atoms with Crippen molar-refractivity contribution in [2.24, 2.45) is 0 Å².